The van der Waals surface area contributed by atoms with Crippen LogP contribution in [0.4, 0.5) is 0 Å². The summed E-state index contributed by atoms with van der Waals surface area (Å²) in [5.41, 5.74) is 7.24. The summed E-state index contributed by atoms with van der Waals surface area (Å²) in [4.78, 5) is 0. The molecular weight excluding hydrogens is 229 g/mol. The minimum absolute atomic E-state index is 0.281. The van der Waals surface area contributed by atoms with E-state index in [0.717, 1.165) is 6.54 Å². The zero-order chi connectivity index (χ0) is 11.2. The first kappa shape index (κ1) is 11.3. The third-order valence-electron chi connectivity index (χ3n) is 3.55. The molecule has 3 heteroatoms. The van der Waals surface area contributed by atoms with E-state index in [2.05, 4.69) is 13.8 Å². The fraction of sp³-hybridized carbons (Fsp3) is 0.500. The van der Waals surface area contributed by atoms with Gasteiger partial charge in [0.15, 0.2) is 0 Å². The molecule has 1 aromatic rings. The second-order valence-electron chi connectivity index (χ2n) is 4.84. The summed E-state index contributed by atoms with van der Waals surface area (Å²) in [6, 6.07) is 5.75. The molecule has 0 bridgehead atoms. The minimum Gasteiger partial charge on any atom is -0.330 e. The van der Waals surface area contributed by atoms with Crippen LogP contribution in [0.3, 0.4) is 0 Å². The topological polar surface area (TPSA) is 26.0 Å². The van der Waals surface area contributed by atoms with Gasteiger partial charge in [0.2, 0.25) is 0 Å². The molecule has 0 heterocycles. The lowest BCUT2D eigenvalue weighted by molar-refractivity contribution is 0.558. The van der Waals surface area contributed by atoms with Crippen LogP contribution in [-0.4, -0.2) is 6.54 Å². The zero-order valence-corrected chi connectivity index (χ0v) is 10.4. The highest BCUT2D eigenvalue weighted by Crippen LogP contribution is 2.64. The van der Waals surface area contributed by atoms with Gasteiger partial charge in [-0.15, -0.1) is 0 Å². The van der Waals surface area contributed by atoms with Crippen LogP contribution in [-0.2, 0) is 0 Å². The van der Waals surface area contributed by atoms with Crippen molar-refractivity contribution in [1.82, 2.24) is 0 Å². The molecule has 15 heavy (non-hydrogen) atoms. The minimum atomic E-state index is 0.281. The number of halogens is 2. The first-order valence-corrected chi connectivity index (χ1v) is 5.88. The largest absolute Gasteiger partial charge is 0.330 e. The molecular formula is C12H15Cl2N. The van der Waals surface area contributed by atoms with E-state index in [1.54, 1.807) is 6.07 Å². The predicted molar refractivity (Wildman–Crippen MR) is 65.5 cm³/mol. The van der Waals surface area contributed by atoms with Gasteiger partial charge in [0.1, 0.15) is 0 Å². The van der Waals surface area contributed by atoms with Gasteiger partial charge in [0.05, 0.1) is 0 Å². The number of nitrogens with two attached hydrogens (primary N) is 1. The summed E-state index contributed by atoms with van der Waals surface area (Å²) in [7, 11) is 0. The summed E-state index contributed by atoms with van der Waals surface area (Å²) in [5, 5.41) is 1.41. The summed E-state index contributed by atoms with van der Waals surface area (Å²) < 4.78 is 0. The number of hydrogen-bond donors (Lipinski definition) is 1. The van der Waals surface area contributed by atoms with E-state index >= 15 is 0 Å². The van der Waals surface area contributed by atoms with Gasteiger partial charge in [0, 0.05) is 10.0 Å². The normalized spacial score (nSPS) is 27.8. The Morgan fingerprint density at radius 1 is 1.20 bits per heavy atom. The van der Waals surface area contributed by atoms with E-state index < -0.39 is 0 Å². The van der Waals surface area contributed by atoms with Crippen molar-refractivity contribution in [3.05, 3.63) is 33.8 Å². The standard InChI is InChI=1S/C12H15Cl2N/c1-12(2)10(6-15)11(12)7-3-8(13)5-9(14)4-7/h3-5,10-11H,6,15H2,1-2H3/t10-,11-/m1/s1. The molecule has 1 saturated carbocycles. The third-order valence-corrected chi connectivity index (χ3v) is 3.98. The van der Waals surface area contributed by atoms with Crippen molar-refractivity contribution in [3.8, 4) is 0 Å². The fourth-order valence-electron chi connectivity index (χ4n) is 2.60. The van der Waals surface area contributed by atoms with Crippen molar-refractivity contribution >= 4 is 23.2 Å². The first-order chi connectivity index (χ1) is 6.96. The molecule has 82 valence electrons. The van der Waals surface area contributed by atoms with Gasteiger partial charge in [-0.1, -0.05) is 37.0 Å². The second-order valence-corrected chi connectivity index (χ2v) is 5.72. The lowest BCUT2D eigenvalue weighted by Gasteiger charge is -2.04. The SMILES string of the molecule is CC1(C)[C@H](CN)[C@H]1c1cc(Cl)cc(Cl)c1. The van der Waals surface area contributed by atoms with E-state index in [9.17, 15) is 0 Å². The van der Waals surface area contributed by atoms with Gasteiger partial charge in [-0.3, -0.25) is 0 Å². The molecule has 0 unspecified atom stereocenters. The average molecular weight is 244 g/mol. The van der Waals surface area contributed by atoms with Crippen molar-refractivity contribution in [3.63, 3.8) is 0 Å². The second kappa shape index (κ2) is 3.65. The maximum Gasteiger partial charge on any atom is 0.0423 e. The van der Waals surface area contributed by atoms with Crippen LogP contribution in [0, 0.1) is 11.3 Å². The zero-order valence-electron chi connectivity index (χ0n) is 8.93. The Morgan fingerprint density at radius 2 is 1.73 bits per heavy atom. The average Bonchev–Trinajstić information content (AvgIpc) is 2.66. The molecule has 2 rings (SSSR count). The van der Waals surface area contributed by atoms with Crippen LogP contribution in [0.25, 0.3) is 0 Å². The van der Waals surface area contributed by atoms with Crippen LogP contribution in [0.15, 0.2) is 18.2 Å². The van der Waals surface area contributed by atoms with Crippen LogP contribution in [0.5, 0.6) is 0 Å². The number of rotatable bonds is 2. The van der Waals surface area contributed by atoms with Crippen LogP contribution in [0.1, 0.15) is 25.3 Å². The van der Waals surface area contributed by atoms with E-state index in [4.69, 9.17) is 28.9 Å². The lowest BCUT2D eigenvalue weighted by atomic mass is 10.0. The monoisotopic (exact) mass is 243 g/mol. The van der Waals surface area contributed by atoms with E-state index in [1.807, 2.05) is 12.1 Å². The van der Waals surface area contributed by atoms with E-state index in [0.29, 0.717) is 21.9 Å². The quantitative estimate of drug-likeness (QED) is 0.843. The fourth-order valence-corrected chi connectivity index (χ4v) is 3.14. The highest BCUT2D eigenvalue weighted by Gasteiger charge is 2.57. The highest BCUT2D eigenvalue weighted by molar-refractivity contribution is 6.34. The van der Waals surface area contributed by atoms with E-state index in [1.165, 1.54) is 5.56 Å². The van der Waals surface area contributed by atoms with Gasteiger partial charge >= 0.3 is 0 Å². The maximum absolute atomic E-state index is 5.99. The van der Waals surface area contributed by atoms with Crippen LogP contribution in [0.2, 0.25) is 10.0 Å². The van der Waals surface area contributed by atoms with Gasteiger partial charge in [-0.05, 0) is 47.6 Å². The molecule has 0 saturated heterocycles. The number of benzene rings is 1. The van der Waals surface area contributed by atoms with Crippen molar-refractivity contribution in [1.29, 1.82) is 0 Å². The molecule has 0 radical (unpaired) electrons. The van der Waals surface area contributed by atoms with Crippen molar-refractivity contribution in [2.45, 2.75) is 19.8 Å². The Hall–Kier alpha value is -0.240. The number of hydrogen-bond acceptors (Lipinski definition) is 1. The Morgan fingerprint density at radius 3 is 2.13 bits per heavy atom. The molecule has 0 amide bonds. The van der Waals surface area contributed by atoms with Gasteiger partial charge < -0.3 is 5.73 Å². The van der Waals surface area contributed by atoms with Crippen LogP contribution >= 0.6 is 23.2 Å². The molecule has 1 aromatic carbocycles. The molecule has 1 aliphatic rings. The molecule has 1 nitrogen and oxygen atoms in total. The summed E-state index contributed by atoms with van der Waals surface area (Å²) in [6.07, 6.45) is 0. The van der Waals surface area contributed by atoms with Crippen molar-refractivity contribution < 1.29 is 0 Å². The van der Waals surface area contributed by atoms with E-state index in [-0.39, 0.29) is 5.41 Å². The Kier molecular flexibility index (Phi) is 2.74. The lowest BCUT2D eigenvalue weighted by Crippen LogP contribution is -2.05. The Bertz CT molecular complexity index is 367. The molecule has 0 spiro atoms. The summed E-state index contributed by atoms with van der Waals surface area (Å²) in [5.74, 6) is 1.05. The molecule has 1 fully saturated rings. The highest BCUT2D eigenvalue weighted by atomic mass is 35.5. The molecule has 2 N–H and O–H groups in total. The Balaban J connectivity index is 2.32. The van der Waals surface area contributed by atoms with Gasteiger partial charge in [0.25, 0.3) is 0 Å². The van der Waals surface area contributed by atoms with Crippen LogP contribution < -0.4 is 5.73 Å². The molecule has 0 aromatic heterocycles. The maximum atomic E-state index is 5.99. The smallest absolute Gasteiger partial charge is 0.0423 e. The third kappa shape index (κ3) is 1.89. The summed E-state index contributed by atoms with van der Waals surface area (Å²) >= 11 is 12.0. The van der Waals surface area contributed by atoms with Crippen molar-refractivity contribution in [2.24, 2.45) is 17.1 Å². The van der Waals surface area contributed by atoms with Crippen molar-refractivity contribution in [2.75, 3.05) is 6.54 Å². The van der Waals surface area contributed by atoms with Gasteiger partial charge in [-0.2, -0.15) is 0 Å². The van der Waals surface area contributed by atoms with Gasteiger partial charge in [-0.25, -0.2) is 0 Å². The molecule has 0 aliphatic heterocycles. The first-order valence-electron chi connectivity index (χ1n) is 5.13. The predicted octanol–water partition coefficient (Wildman–Crippen LogP) is 3.69. The Labute approximate surface area is 101 Å². The molecule has 1 aliphatic carbocycles. The molecule has 2 atom stereocenters. The summed E-state index contributed by atoms with van der Waals surface area (Å²) in [6.45, 7) is 5.20.